The molecule has 0 spiro atoms. The van der Waals surface area contributed by atoms with Gasteiger partial charge in [-0.2, -0.15) is 0 Å². The predicted octanol–water partition coefficient (Wildman–Crippen LogP) is 3.61. The molecule has 0 radical (unpaired) electrons. The first kappa shape index (κ1) is 9.49. The molecule has 1 aromatic rings. The van der Waals surface area contributed by atoms with Crippen molar-refractivity contribution in [2.75, 3.05) is 0 Å². The number of hydrogen-bond acceptors (Lipinski definition) is 2. The fraction of sp³-hybridized carbons (Fsp3) is 0. The van der Waals surface area contributed by atoms with Crippen LogP contribution in [0.1, 0.15) is 0 Å². The van der Waals surface area contributed by atoms with E-state index in [1.807, 2.05) is 0 Å². The quantitative estimate of drug-likeness (QED) is 0.743. The van der Waals surface area contributed by atoms with Gasteiger partial charge < -0.3 is 0 Å². The van der Waals surface area contributed by atoms with E-state index in [1.165, 1.54) is 0 Å². The zero-order chi connectivity index (χ0) is 8.43. The van der Waals surface area contributed by atoms with Gasteiger partial charge in [0.2, 0.25) is 0 Å². The van der Waals surface area contributed by atoms with E-state index in [9.17, 15) is 0 Å². The van der Waals surface area contributed by atoms with Crippen LogP contribution in [0.5, 0.6) is 0 Å². The number of hydrogen-bond donors (Lipinski definition) is 1. The molecule has 0 amide bonds. The number of rotatable bonds is 1. The summed E-state index contributed by atoms with van der Waals surface area (Å²) in [5, 5.41) is 6.78. The van der Waals surface area contributed by atoms with Crippen LogP contribution in [0.3, 0.4) is 0 Å². The van der Waals surface area contributed by atoms with E-state index in [1.54, 1.807) is 12.1 Å². The molecule has 1 rings (SSSR count). The smallest absolute Gasteiger partial charge is 0.0599 e. The molecule has 1 nitrogen and oxygen atoms in total. The minimum atomic E-state index is 0.481. The Balaban J connectivity index is 3.25. The maximum atomic E-state index is 5.77. The van der Waals surface area contributed by atoms with Crippen LogP contribution in [0.4, 0.5) is 0 Å². The average molecular weight is 229 g/mol. The third-order valence-corrected chi connectivity index (χ3v) is 2.79. The Hall–Kier alpha value is 0.400. The van der Waals surface area contributed by atoms with Gasteiger partial charge in [0.1, 0.15) is 0 Å². The molecular formula is C6H4Cl3NS. The van der Waals surface area contributed by atoms with Crippen molar-refractivity contribution in [3.05, 3.63) is 27.2 Å². The van der Waals surface area contributed by atoms with Crippen LogP contribution in [0.2, 0.25) is 15.1 Å². The van der Waals surface area contributed by atoms with E-state index in [0.717, 1.165) is 11.9 Å². The van der Waals surface area contributed by atoms with Gasteiger partial charge in [-0.05, 0) is 24.1 Å². The van der Waals surface area contributed by atoms with Crippen molar-refractivity contribution < 1.29 is 0 Å². The fourth-order valence-electron chi connectivity index (χ4n) is 0.642. The molecule has 60 valence electrons. The van der Waals surface area contributed by atoms with Gasteiger partial charge in [0.05, 0.1) is 14.9 Å². The molecular weight excluding hydrogens is 224 g/mol. The highest BCUT2D eigenvalue weighted by Crippen LogP contribution is 2.33. The Bertz CT molecular complexity index is 254. The highest BCUT2D eigenvalue weighted by Gasteiger charge is 2.05. The highest BCUT2D eigenvalue weighted by molar-refractivity contribution is 7.97. The van der Waals surface area contributed by atoms with E-state index >= 15 is 0 Å². The average Bonchev–Trinajstić information content (AvgIpc) is 1.85. The van der Waals surface area contributed by atoms with Gasteiger partial charge in [-0.3, -0.25) is 5.14 Å². The number of nitrogens with two attached hydrogens (primary N) is 1. The first-order chi connectivity index (χ1) is 5.15. The molecule has 0 saturated carbocycles. The Morgan fingerprint density at radius 2 is 1.55 bits per heavy atom. The second-order valence-corrected chi connectivity index (χ2v) is 3.71. The molecule has 0 unspecified atom stereocenters. The first-order valence-corrected chi connectivity index (χ1v) is 4.68. The van der Waals surface area contributed by atoms with E-state index in [-0.39, 0.29) is 0 Å². The summed E-state index contributed by atoms with van der Waals surface area (Å²) in [4.78, 5) is 0.651. The third kappa shape index (κ3) is 2.17. The van der Waals surface area contributed by atoms with Gasteiger partial charge in [-0.25, -0.2) is 0 Å². The molecule has 0 aromatic heterocycles. The predicted molar refractivity (Wildman–Crippen MR) is 51.5 cm³/mol. The van der Waals surface area contributed by atoms with Crippen LogP contribution in [0.15, 0.2) is 17.0 Å². The van der Waals surface area contributed by atoms with Crippen molar-refractivity contribution in [3.63, 3.8) is 0 Å². The van der Waals surface area contributed by atoms with Crippen molar-refractivity contribution in [2.24, 2.45) is 5.14 Å². The summed E-state index contributed by atoms with van der Waals surface area (Å²) in [6.45, 7) is 0. The summed E-state index contributed by atoms with van der Waals surface area (Å²) in [5.41, 5.74) is 0. The van der Waals surface area contributed by atoms with Crippen LogP contribution >= 0.6 is 46.8 Å². The molecule has 0 saturated heterocycles. The van der Waals surface area contributed by atoms with Crippen LogP contribution in [0, 0.1) is 0 Å². The second-order valence-electron chi connectivity index (χ2n) is 1.82. The lowest BCUT2D eigenvalue weighted by atomic mass is 10.4. The van der Waals surface area contributed by atoms with Gasteiger partial charge in [0.15, 0.2) is 0 Å². The number of benzene rings is 1. The summed E-state index contributed by atoms with van der Waals surface area (Å²) in [5.74, 6) is 0. The van der Waals surface area contributed by atoms with Gasteiger partial charge >= 0.3 is 0 Å². The Morgan fingerprint density at radius 1 is 1.09 bits per heavy atom. The van der Waals surface area contributed by atoms with E-state index in [2.05, 4.69) is 0 Å². The second kappa shape index (κ2) is 3.87. The van der Waals surface area contributed by atoms with E-state index in [0.29, 0.717) is 20.0 Å². The third-order valence-electron chi connectivity index (χ3n) is 1.08. The van der Waals surface area contributed by atoms with Crippen molar-refractivity contribution in [3.8, 4) is 0 Å². The lowest BCUT2D eigenvalue weighted by Gasteiger charge is -2.02. The van der Waals surface area contributed by atoms with Gasteiger partial charge in [0, 0.05) is 5.02 Å². The molecule has 0 aliphatic carbocycles. The summed E-state index contributed by atoms with van der Waals surface area (Å²) in [6, 6.07) is 3.20. The molecule has 2 N–H and O–H groups in total. The molecule has 0 atom stereocenters. The zero-order valence-corrected chi connectivity index (χ0v) is 8.36. The number of halogens is 3. The molecule has 0 aliphatic rings. The maximum Gasteiger partial charge on any atom is 0.0599 e. The molecule has 0 aliphatic heterocycles. The standard InChI is InChI=1S/C6H4Cl3NS/c7-3-1-4(8)6(11-10)5(9)2-3/h1-2H,10H2. The van der Waals surface area contributed by atoms with E-state index in [4.69, 9.17) is 39.9 Å². The van der Waals surface area contributed by atoms with Gasteiger partial charge in [-0.1, -0.05) is 34.8 Å². The lowest BCUT2D eigenvalue weighted by Crippen LogP contribution is -1.82. The van der Waals surface area contributed by atoms with Crippen LogP contribution in [-0.4, -0.2) is 0 Å². The minimum absolute atomic E-state index is 0.481. The van der Waals surface area contributed by atoms with Gasteiger partial charge in [0.25, 0.3) is 0 Å². The van der Waals surface area contributed by atoms with Crippen molar-refractivity contribution >= 4 is 46.8 Å². The monoisotopic (exact) mass is 227 g/mol. The zero-order valence-electron chi connectivity index (χ0n) is 5.27. The van der Waals surface area contributed by atoms with Crippen molar-refractivity contribution in [1.29, 1.82) is 0 Å². The summed E-state index contributed by atoms with van der Waals surface area (Å²) in [7, 11) is 0. The van der Waals surface area contributed by atoms with Gasteiger partial charge in [-0.15, -0.1) is 0 Å². The molecule has 0 fully saturated rings. The lowest BCUT2D eigenvalue weighted by molar-refractivity contribution is 1.46. The van der Waals surface area contributed by atoms with Crippen LogP contribution < -0.4 is 5.14 Å². The minimum Gasteiger partial charge on any atom is -0.274 e. The SMILES string of the molecule is NSc1c(Cl)cc(Cl)cc1Cl. The Morgan fingerprint density at radius 3 is 1.91 bits per heavy atom. The topological polar surface area (TPSA) is 26.0 Å². The first-order valence-electron chi connectivity index (χ1n) is 2.66. The Labute approximate surface area is 83.9 Å². The highest BCUT2D eigenvalue weighted by atomic mass is 35.5. The normalized spacial score (nSPS) is 10.2. The maximum absolute atomic E-state index is 5.77. The van der Waals surface area contributed by atoms with Crippen molar-refractivity contribution in [1.82, 2.24) is 0 Å². The molecule has 0 heterocycles. The van der Waals surface area contributed by atoms with Crippen molar-refractivity contribution in [2.45, 2.75) is 4.90 Å². The molecule has 1 aromatic carbocycles. The summed E-state index contributed by atoms with van der Waals surface area (Å²) >= 11 is 18.2. The largest absolute Gasteiger partial charge is 0.274 e. The Kier molecular flexibility index (Phi) is 3.34. The van der Waals surface area contributed by atoms with E-state index < -0.39 is 0 Å². The molecule has 11 heavy (non-hydrogen) atoms. The fourth-order valence-corrected chi connectivity index (χ4v) is 2.07. The van der Waals surface area contributed by atoms with Crippen LogP contribution in [0.25, 0.3) is 0 Å². The summed E-state index contributed by atoms with van der Waals surface area (Å²) < 4.78 is 0. The molecule has 5 heteroatoms. The summed E-state index contributed by atoms with van der Waals surface area (Å²) in [6.07, 6.45) is 0. The molecule has 0 bridgehead atoms. The van der Waals surface area contributed by atoms with Crippen LogP contribution in [-0.2, 0) is 0 Å².